The van der Waals surface area contributed by atoms with Gasteiger partial charge in [0.05, 0.1) is 13.9 Å². The molecule has 0 aliphatic carbocycles. The summed E-state index contributed by atoms with van der Waals surface area (Å²) in [6.45, 7) is 5.34. The summed E-state index contributed by atoms with van der Waals surface area (Å²) in [6.07, 6.45) is 1.85. The Balaban J connectivity index is 1.81. The van der Waals surface area contributed by atoms with E-state index in [-0.39, 0.29) is 18.3 Å². The minimum atomic E-state index is -0.294. The van der Waals surface area contributed by atoms with Crippen LogP contribution in [0.4, 0.5) is 4.39 Å². The van der Waals surface area contributed by atoms with Crippen molar-refractivity contribution in [3.8, 4) is 5.75 Å². The van der Waals surface area contributed by atoms with Crippen molar-refractivity contribution in [1.29, 1.82) is 0 Å². The number of amides is 1. The number of ether oxygens (including phenoxy) is 1. The van der Waals surface area contributed by atoms with Gasteiger partial charge in [0.25, 0.3) is 5.91 Å². The van der Waals surface area contributed by atoms with E-state index in [1.807, 2.05) is 38.1 Å². The van der Waals surface area contributed by atoms with Gasteiger partial charge in [-0.25, -0.2) is 4.39 Å². The molecule has 0 atom stereocenters. The van der Waals surface area contributed by atoms with Crippen molar-refractivity contribution in [3.05, 3.63) is 67.2 Å². The predicted octanol–water partition coefficient (Wildman–Crippen LogP) is 6.24. The number of rotatable bonds is 6. The van der Waals surface area contributed by atoms with Gasteiger partial charge in [0.15, 0.2) is 5.17 Å². The van der Waals surface area contributed by atoms with Gasteiger partial charge in [-0.15, -0.1) is 0 Å². The molecule has 152 valence electrons. The number of carbonyl (C=O) groups excluding carboxylic acids is 1. The number of benzene rings is 2. The number of halogens is 3. The maximum absolute atomic E-state index is 13.3. The average Bonchev–Trinajstić information content (AvgIpc) is 2.96. The van der Waals surface area contributed by atoms with Crippen molar-refractivity contribution in [2.45, 2.75) is 20.5 Å². The Hall–Kier alpha value is -1.64. The highest BCUT2D eigenvalue weighted by Gasteiger charge is 2.31. The van der Waals surface area contributed by atoms with Crippen molar-refractivity contribution >= 4 is 60.8 Å². The lowest BCUT2D eigenvalue weighted by atomic mass is 10.2. The molecule has 0 unspecified atom stereocenters. The molecule has 2 aromatic carbocycles. The van der Waals surface area contributed by atoms with Crippen LogP contribution in [0, 0.1) is 5.82 Å². The normalized spacial score (nSPS) is 16.9. The fraction of sp³-hybridized carbons (Fsp3) is 0.238. The molecule has 0 saturated carbocycles. The van der Waals surface area contributed by atoms with E-state index in [1.54, 1.807) is 11.0 Å². The molecular weight excluding hydrogens is 523 g/mol. The Morgan fingerprint density at radius 3 is 2.55 bits per heavy atom. The summed E-state index contributed by atoms with van der Waals surface area (Å²) in [4.78, 5) is 19.3. The van der Waals surface area contributed by atoms with Crippen molar-refractivity contribution in [2.24, 2.45) is 4.99 Å². The number of carbonyl (C=O) groups is 1. The van der Waals surface area contributed by atoms with Crippen molar-refractivity contribution in [3.63, 3.8) is 0 Å². The molecule has 29 heavy (non-hydrogen) atoms. The fourth-order valence-electron chi connectivity index (χ4n) is 2.77. The average molecular weight is 542 g/mol. The van der Waals surface area contributed by atoms with Crippen LogP contribution in [-0.4, -0.2) is 29.1 Å². The zero-order valence-electron chi connectivity index (χ0n) is 15.9. The fourth-order valence-corrected chi connectivity index (χ4v) is 5.33. The molecule has 4 nitrogen and oxygen atoms in total. The van der Waals surface area contributed by atoms with E-state index in [0.717, 1.165) is 25.2 Å². The molecular formula is C21H19Br2FN2O2S. The van der Waals surface area contributed by atoms with Crippen LogP contribution >= 0.6 is 43.6 Å². The Bertz CT molecular complexity index is 971. The minimum absolute atomic E-state index is 0.0385. The zero-order chi connectivity index (χ0) is 21.0. The number of thioether (sulfide) groups is 1. The molecule has 1 saturated heterocycles. The number of likely N-dealkylation sites (N-methyl/N-ethyl adjacent to an activating group) is 1. The number of hydrogen-bond acceptors (Lipinski definition) is 4. The summed E-state index contributed by atoms with van der Waals surface area (Å²) in [7, 11) is 0. The summed E-state index contributed by atoms with van der Waals surface area (Å²) >= 11 is 8.44. The molecule has 0 radical (unpaired) electrons. The molecule has 2 aromatic rings. The van der Waals surface area contributed by atoms with Gasteiger partial charge in [-0.3, -0.25) is 14.7 Å². The van der Waals surface area contributed by atoms with Crippen molar-refractivity contribution in [1.82, 2.24) is 4.90 Å². The molecule has 0 spiro atoms. The molecule has 1 aliphatic heterocycles. The molecule has 1 amide bonds. The first-order valence-corrected chi connectivity index (χ1v) is 11.4. The quantitative estimate of drug-likeness (QED) is 0.406. The molecule has 1 fully saturated rings. The maximum atomic E-state index is 13.3. The van der Waals surface area contributed by atoms with E-state index in [0.29, 0.717) is 23.7 Å². The van der Waals surface area contributed by atoms with Crippen molar-refractivity contribution in [2.75, 3.05) is 13.1 Å². The van der Waals surface area contributed by atoms with Crippen LogP contribution < -0.4 is 4.74 Å². The first-order chi connectivity index (χ1) is 13.9. The second-order valence-electron chi connectivity index (χ2n) is 6.15. The smallest absolute Gasteiger partial charge is 0.266 e. The lowest BCUT2D eigenvalue weighted by molar-refractivity contribution is -0.122. The van der Waals surface area contributed by atoms with Gasteiger partial charge in [-0.1, -0.05) is 12.1 Å². The molecule has 3 rings (SSSR count). The second-order valence-corrected chi connectivity index (χ2v) is 8.87. The lowest BCUT2D eigenvalue weighted by Gasteiger charge is -2.12. The lowest BCUT2D eigenvalue weighted by Crippen LogP contribution is -2.28. The van der Waals surface area contributed by atoms with Crippen LogP contribution in [0.1, 0.15) is 25.0 Å². The molecule has 0 N–H and O–H groups in total. The van der Waals surface area contributed by atoms with Gasteiger partial charge in [-0.2, -0.15) is 0 Å². The largest absolute Gasteiger partial charge is 0.487 e. The topological polar surface area (TPSA) is 41.9 Å². The van der Waals surface area contributed by atoms with E-state index in [2.05, 4.69) is 36.9 Å². The van der Waals surface area contributed by atoms with E-state index in [9.17, 15) is 9.18 Å². The standard InChI is InChI=1S/C21H19Br2FN2O2S/c1-3-25-21-26(4-2)20(27)18(29-21)11-14-9-16(22)19(17(23)10-14)28-12-13-6-5-7-15(24)8-13/h5-11H,3-4,12H2,1-2H3/b18-11+,25-21?. The number of hydrogen-bond donors (Lipinski definition) is 0. The predicted molar refractivity (Wildman–Crippen MR) is 124 cm³/mol. The van der Waals surface area contributed by atoms with Gasteiger partial charge in [-0.05, 0) is 98.9 Å². The van der Waals surface area contributed by atoms with Crippen LogP contribution in [0.25, 0.3) is 6.08 Å². The number of nitrogens with zero attached hydrogens (tertiary/aromatic N) is 2. The van der Waals surface area contributed by atoms with Crippen LogP contribution in [0.2, 0.25) is 0 Å². The third-order valence-electron chi connectivity index (χ3n) is 4.09. The highest BCUT2D eigenvalue weighted by Crippen LogP contribution is 2.38. The van der Waals surface area contributed by atoms with E-state index < -0.39 is 0 Å². The number of amidine groups is 1. The monoisotopic (exact) mass is 540 g/mol. The van der Waals surface area contributed by atoms with Crippen LogP contribution in [0.5, 0.6) is 5.75 Å². The first-order valence-electron chi connectivity index (χ1n) is 9.05. The molecule has 8 heteroatoms. The van der Waals surface area contributed by atoms with Gasteiger partial charge in [0.1, 0.15) is 18.2 Å². The van der Waals surface area contributed by atoms with E-state index >= 15 is 0 Å². The minimum Gasteiger partial charge on any atom is -0.487 e. The first kappa shape index (κ1) is 22.1. The molecule has 0 aromatic heterocycles. The summed E-state index contributed by atoms with van der Waals surface area (Å²) in [5.74, 6) is 0.283. The van der Waals surface area contributed by atoms with E-state index in [1.165, 1.54) is 23.9 Å². The van der Waals surface area contributed by atoms with Gasteiger partial charge in [0, 0.05) is 13.1 Å². The molecule has 0 bridgehead atoms. The van der Waals surface area contributed by atoms with Crippen LogP contribution in [0.3, 0.4) is 0 Å². The third-order valence-corrected chi connectivity index (χ3v) is 6.31. The highest BCUT2D eigenvalue weighted by atomic mass is 79.9. The van der Waals surface area contributed by atoms with Crippen LogP contribution in [0.15, 0.2) is 55.2 Å². The summed E-state index contributed by atoms with van der Waals surface area (Å²) < 4.78 is 20.7. The Morgan fingerprint density at radius 2 is 1.93 bits per heavy atom. The highest BCUT2D eigenvalue weighted by molar-refractivity contribution is 9.11. The molecule has 1 aliphatic rings. The SMILES string of the molecule is CCN=C1S/C(=C/c2cc(Br)c(OCc3cccc(F)c3)c(Br)c2)C(=O)N1CC. The molecule has 1 heterocycles. The third kappa shape index (κ3) is 5.29. The summed E-state index contributed by atoms with van der Waals surface area (Å²) in [5, 5.41) is 0.736. The number of aliphatic imine (C=N–C) groups is 1. The Kier molecular flexibility index (Phi) is 7.54. The summed E-state index contributed by atoms with van der Waals surface area (Å²) in [6, 6.07) is 10.1. The maximum Gasteiger partial charge on any atom is 0.266 e. The van der Waals surface area contributed by atoms with Gasteiger partial charge in [0.2, 0.25) is 0 Å². The Labute approximate surface area is 190 Å². The Morgan fingerprint density at radius 1 is 1.21 bits per heavy atom. The van der Waals surface area contributed by atoms with Crippen molar-refractivity contribution < 1.29 is 13.9 Å². The van der Waals surface area contributed by atoms with Crippen LogP contribution in [-0.2, 0) is 11.4 Å². The van der Waals surface area contributed by atoms with E-state index in [4.69, 9.17) is 4.74 Å². The zero-order valence-corrected chi connectivity index (χ0v) is 19.9. The second kappa shape index (κ2) is 9.91. The van der Waals surface area contributed by atoms with Gasteiger partial charge < -0.3 is 4.74 Å². The van der Waals surface area contributed by atoms with Gasteiger partial charge >= 0.3 is 0 Å². The summed E-state index contributed by atoms with van der Waals surface area (Å²) in [5.41, 5.74) is 1.59.